The van der Waals surface area contributed by atoms with E-state index in [1.54, 1.807) is 12.1 Å². The molecule has 0 fully saturated rings. The van der Waals surface area contributed by atoms with E-state index in [0.29, 0.717) is 10.6 Å². The van der Waals surface area contributed by atoms with Crippen molar-refractivity contribution in [3.05, 3.63) is 53.9 Å². The van der Waals surface area contributed by atoms with Gasteiger partial charge in [0.2, 0.25) is 0 Å². The third-order valence-corrected chi connectivity index (χ3v) is 3.23. The second-order valence-electron chi connectivity index (χ2n) is 3.61. The first-order valence-electron chi connectivity index (χ1n) is 5.16. The minimum absolute atomic E-state index is 0.136. The van der Waals surface area contributed by atoms with Crippen molar-refractivity contribution in [2.45, 2.75) is 16.7 Å². The molecule has 0 spiro atoms. The molecule has 1 aromatic heterocycles. The average Bonchev–Trinajstić information content (AvgIpc) is 2.34. The molecule has 1 aromatic carbocycles. The zero-order valence-electron chi connectivity index (χ0n) is 9.48. The van der Waals surface area contributed by atoms with Crippen molar-refractivity contribution in [3.8, 4) is 0 Å². The van der Waals surface area contributed by atoms with E-state index in [9.17, 15) is 13.6 Å². The van der Waals surface area contributed by atoms with Crippen LogP contribution in [0.1, 0.15) is 17.4 Å². The van der Waals surface area contributed by atoms with Gasteiger partial charge in [-0.1, -0.05) is 11.8 Å². The lowest BCUT2D eigenvalue weighted by Crippen LogP contribution is -1.95. The van der Waals surface area contributed by atoms with Crippen LogP contribution in [-0.4, -0.2) is 10.8 Å². The van der Waals surface area contributed by atoms with Crippen molar-refractivity contribution < 1.29 is 13.6 Å². The Morgan fingerprint density at radius 2 is 2.00 bits per heavy atom. The molecule has 0 amide bonds. The molecular weight excluding hydrogens is 256 g/mol. The van der Waals surface area contributed by atoms with Gasteiger partial charge in [-0.25, -0.2) is 8.78 Å². The number of pyridine rings is 1. The fourth-order valence-corrected chi connectivity index (χ4v) is 2.16. The number of hydrogen-bond acceptors (Lipinski definition) is 3. The minimum atomic E-state index is -0.493. The van der Waals surface area contributed by atoms with E-state index in [1.807, 2.05) is 0 Å². The molecule has 0 aliphatic carbocycles. The third-order valence-electron chi connectivity index (χ3n) is 2.22. The zero-order valence-corrected chi connectivity index (χ0v) is 10.3. The number of carbonyl (C=O) groups excluding carboxylic acids is 1. The summed E-state index contributed by atoms with van der Waals surface area (Å²) in [4.78, 5) is 15.8. The maximum atomic E-state index is 13.4. The van der Waals surface area contributed by atoms with Gasteiger partial charge in [0.1, 0.15) is 17.3 Å². The summed E-state index contributed by atoms with van der Waals surface area (Å²) in [5.74, 6) is -1.12. The number of Topliss-reactive ketones (excluding diaryl/α,β-unsaturated/α-hetero) is 1. The van der Waals surface area contributed by atoms with Gasteiger partial charge in [-0.2, -0.15) is 0 Å². The molecule has 0 atom stereocenters. The fourth-order valence-electron chi connectivity index (χ4n) is 1.33. The van der Waals surface area contributed by atoms with Crippen LogP contribution in [0, 0.1) is 11.6 Å². The molecular formula is C13H9F2NOS. The van der Waals surface area contributed by atoms with E-state index in [-0.39, 0.29) is 10.7 Å². The topological polar surface area (TPSA) is 30.0 Å². The van der Waals surface area contributed by atoms with Crippen molar-refractivity contribution in [1.29, 1.82) is 0 Å². The summed E-state index contributed by atoms with van der Waals surface area (Å²) < 4.78 is 26.4. The summed E-state index contributed by atoms with van der Waals surface area (Å²) in [5, 5.41) is 0. The lowest BCUT2D eigenvalue weighted by Gasteiger charge is -2.03. The molecule has 0 saturated heterocycles. The monoisotopic (exact) mass is 265 g/mol. The standard InChI is InChI=1S/C13H9F2NOS/c1-8(17)12-5-3-10(7-16-12)18-13-6-9(14)2-4-11(13)15/h2-7H,1H3. The van der Waals surface area contributed by atoms with Gasteiger partial charge in [0.15, 0.2) is 5.78 Å². The molecule has 0 radical (unpaired) electrons. The molecule has 0 N–H and O–H groups in total. The van der Waals surface area contributed by atoms with Gasteiger partial charge in [0.25, 0.3) is 0 Å². The Kier molecular flexibility index (Phi) is 3.72. The van der Waals surface area contributed by atoms with Crippen LogP contribution < -0.4 is 0 Å². The Labute approximate surface area is 107 Å². The van der Waals surface area contributed by atoms with Crippen molar-refractivity contribution in [3.63, 3.8) is 0 Å². The van der Waals surface area contributed by atoms with Crippen LogP contribution in [0.5, 0.6) is 0 Å². The SMILES string of the molecule is CC(=O)c1ccc(Sc2cc(F)ccc2F)cn1. The summed E-state index contributed by atoms with van der Waals surface area (Å²) in [6, 6.07) is 6.48. The number of rotatable bonds is 3. The van der Waals surface area contributed by atoms with Crippen molar-refractivity contribution in [2.75, 3.05) is 0 Å². The lowest BCUT2D eigenvalue weighted by molar-refractivity contribution is 0.101. The predicted molar refractivity (Wildman–Crippen MR) is 64.7 cm³/mol. The van der Waals surface area contributed by atoms with Crippen LogP contribution in [0.2, 0.25) is 0 Å². The molecule has 0 bridgehead atoms. The van der Waals surface area contributed by atoms with Gasteiger partial charge in [-0.05, 0) is 30.3 Å². The quantitative estimate of drug-likeness (QED) is 0.792. The smallest absolute Gasteiger partial charge is 0.178 e. The van der Waals surface area contributed by atoms with Crippen LogP contribution in [0.15, 0.2) is 46.3 Å². The van der Waals surface area contributed by atoms with Gasteiger partial charge >= 0.3 is 0 Å². The normalized spacial score (nSPS) is 10.4. The van der Waals surface area contributed by atoms with Gasteiger partial charge < -0.3 is 0 Å². The lowest BCUT2D eigenvalue weighted by atomic mass is 10.3. The molecule has 5 heteroatoms. The van der Waals surface area contributed by atoms with E-state index in [4.69, 9.17) is 0 Å². The average molecular weight is 265 g/mol. The molecule has 0 aliphatic rings. The Hall–Kier alpha value is -1.75. The summed E-state index contributed by atoms with van der Waals surface area (Å²) in [5.41, 5.74) is 0.346. The number of nitrogens with zero attached hydrogens (tertiary/aromatic N) is 1. The molecule has 2 nitrogen and oxygen atoms in total. The van der Waals surface area contributed by atoms with Gasteiger partial charge in [0.05, 0.1) is 4.90 Å². The molecule has 2 rings (SSSR count). The van der Waals surface area contributed by atoms with E-state index in [2.05, 4.69) is 4.98 Å². The highest BCUT2D eigenvalue weighted by Gasteiger charge is 2.07. The van der Waals surface area contributed by atoms with E-state index >= 15 is 0 Å². The molecule has 0 saturated carbocycles. The molecule has 0 unspecified atom stereocenters. The van der Waals surface area contributed by atoms with E-state index < -0.39 is 11.6 Å². The first-order chi connectivity index (χ1) is 8.56. The number of halogens is 2. The summed E-state index contributed by atoms with van der Waals surface area (Å²) >= 11 is 1.06. The maximum Gasteiger partial charge on any atom is 0.178 e. The number of benzene rings is 1. The molecule has 0 aliphatic heterocycles. The van der Waals surface area contributed by atoms with Crippen molar-refractivity contribution >= 4 is 17.5 Å². The van der Waals surface area contributed by atoms with Crippen LogP contribution >= 0.6 is 11.8 Å². The van der Waals surface area contributed by atoms with Gasteiger partial charge in [-0.3, -0.25) is 9.78 Å². The van der Waals surface area contributed by atoms with Gasteiger partial charge in [-0.15, -0.1) is 0 Å². The van der Waals surface area contributed by atoms with Gasteiger partial charge in [0, 0.05) is 18.0 Å². The molecule has 92 valence electrons. The Balaban J connectivity index is 2.23. The predicted octanol–water partition coefficient (Wildman–Crippen LogP) is 3.71. The number of carbonyl (C=O) groups is 1. The van der Waals surface area contributed by atoms with Crippen LogP contribution in [0.4, 0.5) is 8.78 Å². The van der Waals surface area contributed by atoms with Crippen LogP contribution in [-0.2, 0) is 0 Å². The van der Waals surface area contributed by atoms with Crippen molar-refractivity contribution in [1.82, 2.24) is 4.98 Å². The second-order valence-corrected chi connectivity index (χ2v) is 4.73. The highest BCUT2D eigenvalue weighted by molar-refractivity contribution is 7.99. The number of aromatic nitrogens is 1. The van der Waals surface area contributed by atoms with Crippen LogP contribution in [0.3, 0.4) is 0 Å². The Morgan fingerprint density at radius 3 is 2.61 bits per heavy atom. The molecule has 2 aromatic rings. The maximum absolute atomic E-state index is 13.4. The van der Waals surface area contributed by atoms with Crippen LogP contribution in [0.25, 0.3) is 0 Å². The minimum Gasteiger partial charge on any atom is -0.293 e. The largest absolute Gasteiger partial charge is 0.293 e. The summed E-state index contributed by atoms with van der Waals surface area (Å²) in [7, 11) is 0. The Bertz CT molecular complexity index is 584. The van der Waals surface area contributed by atoms with Crippen molar-refractivity contribution in [2.24, 2.45) is 0 Å². The summed E-state index contributed by atoms with van der Waals surface area (Å²) in [6.45, 7) is 1.42. The summed E-state index contributed by atoms with van der Waals surface area (Å²) in [6.07, 6.45) is 1.46. The number of hydrogen-bond donors (Lipinski definition) is 0. The highest BCUT2D eigenvalue weighted by atomic mass is 32.2. The second kappa shape index (κ2) is 5.27. The Morgan fingerprint density at radius 1 is 1.22 bits per heavy atom. The number of ketones is 1. The molecule has 18 heavy (non-hydrogen) atoms. The first kappa shape index (κ1) is 12.7. The third kappa shape index (κ3) is 2.92. The van der Waals surface area contributed by atoms with E-state index in [0.717, 1.165) is 30.0 Å². The molecule has 1 heterocycles. The van der Waals surface area contributed by atoms with E-state index in [1.165, 1.54) is 13.1 Å². The fraction of sp³-hybridized carbons (Fsp3) is 0.0769. The highest BCUT2D eigenvalue weighted by Crippen LogP contribution is 2.29. The first-order valence-corrected chi connectivity index (χ1v) is 5.98. The zero-order chi connectivity index (χ0) is 13.1.